The maximum atomic E-state index is 8.82. The maximum Gasteiger partial charge on any atom is 0.231 e. The van der Waals surface area contributed by atoms with Crippen molar-refractivity contribution in [1.82, 2.24) is 19.6 Å². The Labute approximate surface area is 145 Å². The fourth-order valence-electron chi connectivity index (χ4n) is 3.07. The molecule has 1 fully saturated rings. The lowest BCUT2D eigenvalue weighted by Crippen LogP contribution is -2.35. The van der Waals surface area contributed by atoms with Gasteiger partial charge in [0.2, 0.25) is 5.88 Å². The molecule has 0 amide bonds. The zero-order valence-electron chi connectivity index (χ0n) is 13.7. The molecule has 4 heterocycles. The van der Waals surface area contributed by atoms with Gasteiger partial charge in [0.1, 0.15) is 11.8 Å². The van der Waals surface area contributed by atoms with Gasteiger partial charge in [-0.15, -0.1) is 5.10 Å². The van der Waals surface area contributed by atoms with Gasteiger partial charge in [0, 0.05) is 31.5 Å². The normalized spacial score (nSPS) is 15.2. The molecule has 0 unspecified atom stereocenters. The van der Waals surface area contributed by atoms with E-state index in [-0.39, 0.29) is 0 Å². The predicted octanol–water partition coefficient (Wildman–Crippen LogP) is 2.29. The molecule has 3 aromatic rings. The summed E-state index contributed by atoms with van der Waals surface area (Å²) in [6.45, 7) is 2.61. The largest absolute Gasteiger partial charge is 0.476 e. The zero-order valence-corrected chi connectivity index (χ0v) is 13.7. The predicted molar refractivity (Wildman–Crippen MR) is 92.4 cm³/mol. The molecule has 0 N–H and O–H groups in total. The number of anilines is 1. The molecule has 0 bridgehead atoms. The summed E-state index contributed by atoms with van der Waals surface area (Å²) in [7, 11) is 0. The van der Waals surface area contributed by atoms with E-state index in [2.05, 4.69) is 20.0 Å². The van der Waals surface area contributed by atoms with Crippen molar-refractivity contribution in [2.45, 2.75) is 12.8 Å². The molecule has 1 aliphatic heterocycles. The highest BCUT2D eigenvalue weighted by atomic mass is 16.5. The Balaban J connectivity index is 1.30. The summed E-state index contributed by atoms with van der Waals surface area (Å²) in [5, 5.41) is 13.2. The topological polar surface area (TPSA) is 79.3 Å². The molecule has 3 aromatic heterocycles. The van der Waals surface area contributed by atoms with Crippen LogP contribution >= 0.6 is 0 Å². The molecule has 1 aliphatic rings. The molecule has 1 saturated heterocycles. The third-order valence-electron chi connectivity index (χ3n) is 4.54. The summed E-state index contributed by atoms with van der Waals surface area (Å²) in [4.78, 5) is 10.6. The Morgan fingerprint density at radius 1 is 1.16 bits per heavy atom. The lowest BCUT2D eigenvalue weighted by molar-refractivity contribution is 0.214. The van der Waals surface area contributed by atoms with Crippen LogP contribution in [-0.4, -0.2) is 39.3 Å². The number of aromatic nitrogens is 4. The van der Waals surface area contributed by atoms with Gasteiger partial charge in [0.05, 0.1) is 18.5 Å². The monoisotopic (exact) mass is 334 g/mol. The van der Waals surface area contributed by atoms with Crippen molar-refractivity contribution in [2.75, 3.05) is 24.6 Å². The van der Waals surface area contributed by atoms with Crippen molar-refractivity contribution in [3.8, 4) is 11.9 Å². The van der Waals surface area contributed by atoms with Crippen LogP contribution in [0.5, 0.6) is 5.88 Å². The molecule has 4 rings (SSSR count). The van der Waals surface area contributed by atoms with E-state index in [0.29, 0.717) is 24.1 Å². The van der Waals surface area contributed by atoms with Crippen molar-refractivity contribution in [3.63, 3.8) is 0 Å². The highest BCUT2D eigenvalue weighted by molar-refractivity contribution is 5.46. The van der Waals surface area contributed by atoms with Crippen LogP contribution in [0, 0.1) is 17.2 Å². The van der Waals surface area contributed by atoms with Crippen LogP contribution in [0.15, 0.2) is 42.9 Å². The maximum absolute atomic E-state index is 8.82. The van der Waals surface area contributed by atoms with E-state index in [1.807, 2.05) is 30.5 Å². The molecule has 0 saturated carbocycles. The number of hydrogen-bond donors (Lipinski definition) is 0. The SMILES string of the molecule is N#Cc1ccc(N2CCC(COc3ccc4nccn4n3)CC2)cn1. The number of pyridine rings is 1. The number of piperidine rings is 1. The number of nitrogens with zero attached hydrogens (tertiary/aromatic N) is 6. The Hall–Kier alpha value is -3.14. The summed E-state index contributed by atoms with van der Waals surface area (Å²) < 4.78 is 7.59. The lowest BCUT2D eigenvalue weighted by atomic mass is 9.97. The van der Waals surface area contributed by atoms with Crippen LogP contribution in [0.4, 0.5) is 5.69 Å². The third kappa shape index (κ3) is 3.38. The van der Waals surface area contributed by atoms with Crippen LogP contribution in [0.3, 0.4) is 0 Å². The number of hydrogen-bond acceptors (Lipinski definition) is 6. The van der Waals surface area contributed by atoms with Crippen LogP contribution in [-0.2, 0) is 0 Å². The second kappa shape index (κ2) is 6.77. The summed E-state index contributed by atoms with van der Waals surface area (Å²) in [6, 6.07) is 9.55. The van der Waals surface area contributed by atoms with Crippen LogP contribution in [0.2, 0.25) is 0 Å². The number of rotatable bonds is 4. The summed E-state index contributed by atoms with van der Waals surface area (Å²) in [6.07, 6.45) is 7.44. The second-order valence-electron chi connectivity index (χ2n) is 6.16. The van der Waals surface area contributed by atoms with Crippen LogP contribution < -0.4 is 9.64 Å². The van der Waals surface area contributed by atoms with Gasteiger partial charge in [-0.05, 0) is 37.0 Å². The molecule has 25 heavy (non-hydrogen) atoms. The number of nitriles is 1. The van der Waals surface area contributed by atoms with Gasteiger partial charge in [-0.2, -0.15) is 5.26 Å². The van der Waals surface area contributed by atoms with Gasteiger partial charge in [0.25, 0.3) is 0 Å². The van der Waals surface area contributed by atoms with Crippen molar-refractivity contribution < 1.29 is 4.74 Å². The van der Waals surface area contributed by atoms with Crippen molar-refractivity contribution in [3.05, 3.63) is 48.5 Å². The molecule has 126 valence electrons. The lowest BCUT2D eigenvalue weighted by Gasteiger charge is -2.33. The molecule has 0 aromatic carbocycles. The highest BCUT2D eigenvalue weighted by Gasteiger charge is 2.20. The minimum absolute atomic E-state index is 0.453. The van der Waals surface area contributed by atoms with Gasteiger partial charge < -0.3 is 9.64 Å². The van der Waals surface area contributed by atoms with Crippen LogP contribution in [0.25, 0.3) is 5.65 Å². The van der Waals surface area contributed by atoms with Gasteiger partial charge >= 0.3 is 0 Å². The van der Waals surface area contributed by atoms with Crippen LogP contribution in [0.1, 0.15) is 18.5 Å². The third-order valence-corrected chi connectivity index (χ3v) is 4.54. The molecule has 7 heteroatoms. The first kappa shape index (κ1) is 15.4. The number of fused-ring (bicyclic) bond motifs is 1. The molecule has 7 nitrogen and oxygen atoms in total. The minimum atomic E-state index is 0.453. The Bertz CT molecular complexity index is 890. The van der Waals surface area contributed by atoms with Crippen molar-refractivity contribution in [1.29, 1.82) is 5.26 Å². The fraction of sp³-hybridized carbons (Fsp3) is 0.333. The smallest absolute Gasteiger partial charge is 0.231 e. The average Bonchev–Trinajstić information content (AvgIpc) is 3.15. The van der Waals surface area contributed by atoms with Gasteiger partial charge in [-0.1, -0.05) is 0 Å². The average molecular weight is 334 g/mol. The first-order valence-electron chi connectivity index (χ1n) is 8.36. The fourth-order valence-corrected chi connectivity index (χ4v) is 3.07. The van der Waals surface area contributed by atoms with E-state index in [1.54, 1.807) is 23.0 Å². The second-order valence-corrected chi connectivity index (χ2v) is 6.16. The summed E-state index contributed by atoms with van der Waals surface area (Å²) >= 11 is 0. The quantitative estimate of drug-likeness (QED) is 0.728. The number of ether oxygens (including phenoxy) is 1. The molecule has 0 aliphatic carbocycles. The van der Waals surface area contributed by atoms with E-state index < -0.39 is 0 Å². The summed E-state index contributed by atoms with van der Waals surface area (Å²) in [5.41, 5.74) is 2.34. The molecule has 0 radical (unpaired) electrons. The summed E-state index contributed by atoms with van der Waals surface area (Å²) in [5.74, 6) is 1.15. The highest BCUT2D eigenvalue weighted by Crippen LogP contribution is 2.23. The molecular formula is C18H18N6O. The number of imidazole rings is 1. The Morgan fingerprint density at radius 2 is 2.04 bits per heavy atom. The first-order valence-corrected chi connectivity index (χ1v) is 8.36. The van der Waals surface area contributed by atoms with E-state index in [1.165, 1.54) is 0 Å². The van der Waals surface area contributed by atoms with Gasteiger partial charge in [0.15, 0.2) is 5.65 Å². The molecule has 0 spiro atoms. The first-order chi connectivity index (χ1) is 12.3. The van der Waals surface area contributed by atoms with E-state index in [9.17, 15) is 0 Å². The zero-order chi connectivity index (χ0) is 17.1. The van der Waals surface area contributed by atoms with E-state index in [0.717, 1.165) is 37.3 Å². The van der Waals surface area contributed by atoms with Gasteiger partial charge in [-0.25, -0.2) is 14.5 Å². The Kier molecular flexibility index (Phi) is 4.17. The van der Waals surface area contributed by atoms with Crippen molar-refractivity contribution in [2.24, 2.45) is 5.92 Å². The van der Waals surface area contributed by atoms with E-state index in [4.69, 9.17) is 10.00 Å². The van der Waals surface area contributed by atoms with Gasteiger partial charge in [-0.3, -0.25) is 0 Å². The molecule has 0 atom stereocenters. The van der Waals surface area contributed by atoms with Crippen molar-refractivity contribution >= 4 is 11.3 Å². The van der Waals surface area contributed by atoms with E-state index >= 15 is 0 Å². The standard InChI is InChI=1S/C18H18N6O/c19-11-15-1-2-16(12-21-15)23-8-5-14(6-9-23)13-25-18-4-3-17-20-7-10-24(17)22-18/h1-4,7,10,12,14H,5-6,8-9,13H2. The Morgan fingerprint density at radius 3 is 2.80 bits per heavy atom. The minimum Gasteiger partial charge on any atom is -0.476 e. The molecular weight excluding hydrogens is 316 g/mol.